The van der Waals surface area contributed by atoms with Crippen LogP contribution in [0.2, 0.25) is 0 Å². The Kier molecular flexibility index (Phi) is 5.24. The molecular weight excluding hydrogens is 332 g/mol. The summed E-state index contributed by atoms with van der Waals surface area (Å²) < 4.78 is 7.33. The van der Waals surface area contributed by atoms with Crippen LogP contribution in [-0.4, -0.2) is 58.6 Å². The van der Waals surface area contributed by atoms with E-state index >= 15 is 0 Å². The van der Waals surface area contributed by atoms with Gasteiger partial charge in [0.2, 0.25) is 5.91 Å². The number of morpholine rings is 1. The van der Waals surface area contributed by atoms with Crippen molar-refractivity contribution in [3.05, 3.63) is 17.7 Å². The topological polar surface area (TPSA) is 76.5 Å². The fourth-order valence-corrected chi connectivity index (χ4v) is 4.40. The monoisotopic (exact) mass is 360 g/mol. The van der Waals surface area contributed by atoms with Crippen LogP contribution in [0.5, 0.6) is 0 Å². The van der Waals surface area contributed by atoms with Crippen molar-refractivity contribution in [2.45, 2.75) is 57.5 Å². The van der Waals surface area contributed by atoms with E-state index in [2.05, 4.69) is 10.3 Å². The van der Waals surface area contributed by atoms with Crippen molar-refractivity contribution in [2.75, 3.05) is 26.3 Å². The lowest BCUT2D eigenvalue weighted by Gasteiger charge is -2.32. The van der Waals surface area contributed by atoms with Gasteiger partial charge in [-0.3, -0.25) is 9.59 Å². The minimum absolute atomic E-state index is 0.0240. The van der Waals surface area contributed by atoms with Gasteiger partial charge in [0.05, 0.1) is 31.2 Å². The van der Waals surface area contributed by atoms with Crippen LogP contribution in [0.1, 0.15) is 54.7 Å². The number of nitrogens with zero attached hydrogens (tertiary/aromatic N) is 3. The Balaban J connectivity index is 1.39. The van der Waals surface area contributed by atoms with Crippen molar-refractivity contribution in [3.8, 4) is 0 Å². The molecule has 0 spiro atoms. The summed E-state index contributed by atoms with van der Waals surface area (Å²) in [5, 5.41) is 3.15. The molecule has 3 heterocycles. The van der Waals surface area contributed by atoms with Crippen LogP contribution in [0.15, 0.2) is 6.33 Å². The Morgan fingerprint density at radius 3 is 2.65 bits per heavy atom. The van der Waals surface area contributed by atoms with Crippen LogP contribution < -0.4 is 5.32 Å². The highest BCUT2D eigenvalue weighted by Gasteiger charge is 2.32. The van der Waals surface area contributed by atoms with Crippen LogP contribution in [-0.2, 0) is 22.5 Å². The molecular formula is C19H28N4O3. The van der Waals surface area contributed by atoms with E-state index in [-0.39, 0.29) is 23.8 Å². The molecule has 1 aliphatic carbocycles. The molecule has 1 N–H and O–H groups in total. The molecule has 0 radical (unpaired) electrons. The highest BCUT2D eigenvalue weighted by atomic mass is 16.5. The lowest BCUT2D eigenvalue weighted by atomic mass is 9.94. The third kappa shape index (κ3) is 3.63. The van der Waals surface area contributed by atoms with Crippen molar-refractivity contribution in [2.24, 2.45) is 5.92 Å². The summed E-state index contributed by atoms with van der Waals surface area (Å²) >= 11 is 0. The van der Waals surface area contributed by atoms with Crippen LogP contribution >= 0.6 is 0 Å². The normalized spacial score (nSPS) is 24.2. The molecule has 2 amide bonds. The van der Waals surface area contributed by atoms with Crippen molar-refractivity contribution >= 4 is 11.8 Å². The van der Waals surface area contributed by atoms with Gasteiger partial charge in [-0.05, 0) is 25.7 Å². The van der Waals surface area contributed by atoms with Crippen molar-refractivity contribution < 1.29 is 14.3 Å². The summed E-state index contributed by atoms with van der Waals surface area (Å²) in [5.74, 6) is 0.133. The molecule has 0 aromatic carbocycles. The molecule has 3 aliphatic rings. The predicted octanol–water partition coefficient (Wildman–Crippen LogP) is 1.37. The fourth-order valence-electron chi connectivity index (χ4n) is 4.40. The third-order valence-electron chi connectivity index (χ3n) is 5.92. The number of hydrogen-bond acceptors (Lipinski definition) is 4. The third-order valence-corrected chi connectivity index (χ3v) is 5.92. The molecule has 1 atom stereocenters. The van der Waals surface area contributed by atoms with Gasteiger partial charge in [0, 0.05) is 25.7 Å². The van der Waals surface area contributed by atoms with E-state index in [4.69, 9.17) is 4.74 Å². The number of amides is 2. The van der Waals surface area contributed by atoms with Crippen LogP contribution in [0.4, 0.5) is 0 Å². The van der Waals surface area contributed by atoms with Crippen LogP contribution in [0.25, 0.3) is 0 Å². The first kappa shape index (κ1) is 17.5. The zero-order chi connectivity index (χ0) is 17.9. The maximum absolute atomic E-state index is 12.7. The summed E-state index contributed by atoms with van der Waals surface area (Å²) in [4.78, 5) is 31.6. The van der Waals surface area contributed by atoms with E-state index in [0.29, 0.717) is 38.5 Å². The Morgan fingerprint density at radius 1 is 1.12 bits per heavy atom. The van der Waals surface area contributed by atoms with Gasteiger partial charge < -0.3 is 19.5 Å². The smallest absolute Gasteiger partial charge is 0.271 e. The predicted molar refractivity (Wildman–Crippen MR) is 95.8 cm³/mol. The van der Waals surface area contributed by atoms with Gasteiger partial charge in [0.15, 0.2) is 0 Å². The zero-order valence-corrected chi connectivity index (χ0v) is 15.3. The SMILES string of the molecule is O=C(NC1CCCCC1)c1ncn2c1CCC(C(=O)N1CCOCC1)C2. The van der Waals surface area contributed by atoms with Crippen LogP contribution in [0.3, 0.4) is 0 Å². The summed E-state index contributed by atoms with van der Waals surface area (Å²) in [5.41, 5.74) is 1.53. The van der Waals surface area contributed by atoms with E-state index in [0.717, 1.165) is 31.4 Å². The number of carbonyl (C=O) groups is 2. The second-order valence-electron chi connectivity index (χ2n) is 7.67. The second kappa shape index (κ2) is 7.78. The molecule has 1 saturated carbocycles. The molecule has 7 nitrogen and oxygen atoms in total. The van der Waals surface area contributed by atoms with Crippen molar-refractivity contribution in [3.63, 3.8) is 0 Å². The number of aromatic nitrogens is 2. The summed E-state index contributed by atoms with van der Waals surface area (Å²) in [6.45, 7) is 3.23. The van der Waals surface area contributed by atoms with Gasteiger partial charge in [-0.15, -0.1) is 0 Å². The quantitative estimate of drug-likeness (QED) is 0.883. The number of imidazole rings is 1. The van der Waals surface area contributed by atoms with Gasteiger partial charge in [-0.2, -0.15) is 0 Å². The largest absolute Gasteiger partial charge is 0.378 e. The number of rotatable bonds is 3. The highest BCUT2D eigenvalue weighted by Crippen LogP contribution is 2.25. The Morgan fingerprint density at radius 2 is 1.88 bits per heavy atom. The Hall–Kier alpha value is -1.89. The number of carbonyl (C=O) groups excluding carboxylic acids is 2. The molecule has 4 rings (SSSR count). The number of ether oxygens (including phenoxy) is 1. The average Bonchev–Trinajstić information content (AvgIpc) is 3.12. The van der Waals surface area contributed by atoms with Crippen LogP contribution in [0, 0.1) is 5.92 Å². The summed E-state index contributed by atoms with van der Waals surface area (Å²) in [7, 11) is 0. The minimum Gasteiger partial charge on any atom is -0.378 e. The minimum atomic E-state index is -0.0522. The summed E-state index contributed by atoms with van der Waals surface area (Å²) in [6.07, 6.45) is 9.03. The first-order chi connectivity index (χ1) is 12.7. The molecule has 0 bridgehead atoms. The molecule has 1 unspecified atom stereocenters. The first-order valence-electron chi connectivity index (χ1n) is 9.94. The van der Waals surface area contributed by atoms with Gasteiger partial charge in [-0.25, -0.2) is 4.98 Å². The maximum Gasteiger partial charge on any atom is 0.271 e. The molecule has 7 heteroatoms. The number of nitrogens with one attached hydrogen (secondary N) is 1. The molecule has 142 valence electrons. The van der Waals surface area contributed by atoms with Gasteiger partial charge >= 0.3 is 0 Å². The van der Waals surface area contributed by atoms with Gasteiger partial charge in [0.1, 0.15) is 5.69 Å². The van der Waals surface area contributed by atoms with Crippen molar-refractivity contribution in [1.82, 2.24) is 19.8 Å². The van der Waals surface area contributed by atoms with E-state index in [9.17, 15) is 9.59 Å². The molecule has 1 aromatic rings. The van der Waals surface area contributed by atoms with E-state index in [1.165, 1.54) is 19.3 Å². The lowest BCUT2D eigenvalue weighted by Crippen LogP contribution is -2.45. The standard InChI is InChI=1S/C19H28N4O3/c24-18(21-15-4-2-1-3-5-15)17-16-7-6-14(12-23(16)13-20-17)19(25)22-8-10-26-11-9-22/h13-15H,1-12H2,(H,21,24). The maximum atomic E-state index is 12.7. The van der Waals surface area contributed by atoms with Gasteiger partial charge in [-0.1, -0.05) is 19.3 Å². The Labute approximate surface area is 154 Å². The van der Waals surface area contributed by atoms with Crippen molar-refractivity contribution in [1.29, 1.82) is 0 Å². The molecule has 1 aromatic heterocycles. The summed E-state index contributed by atoms with van der Waals surface area (Å²) in [6, 6.07) is 0.285. The number of fused-ring (bicyclic) bond motifs is 1. The lowest BCUT2D eigenvalue weighted by molar-refractivity contribution is -0.140. The number of hydrogen-bond donors (Lipinski definition) is 1. The van der Waals surface area contributed by atoms with Gasteiger partial charge in [0.25, 0.3) is 5.91 Å². The van der Waals surface area contributed by atoms with E-state index < -0.39 is 0 Å². The first-order valence-corrected chi connectivity index (χ1v) is 9.94. The highest BCUT2D eigenvalue weighted by molar-refractivity contribution is 5.93. The fraction of sp³-hybridized carbons (Fsp3) is 0.737. The van der Waals surface area contributed by atoms with E-state index in [1.54, 1.807) is 6.33 Å². The van der Waals surface area contributed by atoms with E-state index in [1.807, 2.05) is 9.47 Å². The molecule has 1 saturated heterocycles. The average molecular weight is 360 g/mol. The Bertz CT molecular complexity index is 660. The molecule has 26 heavy (non-hydrogen) atoms. The second-order valence-corrected chi connectivity index (χ2v) is 7.67. The molecule has 2 aliphatic heterocycles. The molecule has 2 fully saturated rings. The zero-order valence-electron chi connectivity index (χ0n) is 15.3.